The van der Waals surface area contributed by atoms with Gasteiger partial charge in [-0.15, -0.1) is 0 Å². The molecule has 0 radical (unpaired) electrons. The van der Waals surface area contributed by atoms with Crippen molar-refractivity contribution in [2.75, 3.05) is 24.5 Å². The topological polar surface area (TPSA) is 15.3 Å². The molecule has 1 aliphatic rings. The number of benzene rings is 2. The van der Waals surface area contributed by atoms with E-state index in [9.17, 15) is 0 Å². The zero-order valence-corrected chi connectivity index (χ0v) is 14.1. The lowest BCUT2D eigenvalue weighted by atomic mass is 10.0. The van der Waals surface area contributed by atoms with Gasteiger partial charge in [0.1, 0.15) is 0 Å². The Balaban J connectivity index is 1.71. The van der Waals surface area contributed by atoms with E-state index in [1.54, 1.807) is 0 Å². The van der Waals surface area contributed by atoms with Crippen LogP contribution in [-0.2, 0) is 6.42 Å². The third-order valence-electron chi connectivity index (χ3n) is 3.83. The predicted octanol–water partition coefficient (Wildman–Crippen LogP) is 4.12. The van der Waals surface area contributed by atoms with E-state index < -0.39 is 0 Å². The molecular weight excluding hydrogens is 348 g/mol. The maximum Gasteiger partial charge on any atom is 0.0650 e. The van der Waals surface area contributed by atoms with Crippen LogP contribution in [-0.4, -0.2) is 25.7 Å². The lowest BCUT2D eigenvalue weighted by molar-refractivity contribution is 0.455. The van der Waals surface area contributed by atoms with Crippen molar-refractivity contribution in [2.45, 2.75) is 12.5 Å². The standard InChI is InChI=1S/C17H18BrClN2/c18-14-6-7-17(16(19)11-14)21-9-8-20-15(12-21)10-13-4-2-1-3-5-13/h1-7,11,15,20H,8-10,12H2. The Hall–Kier alpha value is -1.03. The normalized spacial score (nSPS) is 18.8. The molecule has 0 spiro atoms. The highest BCUT2D eigenvalue weighted by Gasteiger charge is 2.21. The third kappa shape index (κ3) is 3.79. The summed E-state index contributed by atoms with van der Waals surface area (Å²) in [5.41, 5.74) is 2.50. The third-order valence-corrected chi connectivity index (χ3v) is 4.63. The molecule has 1 heterocycles. The molecule has 0 saturated carbocycles. The minimum absolute atomic E-state index is 0.459. The van der Waals surface area contributed by atoms with E-state index in [2.05, 4.69) is 68.6 Å². The summed E-state index contributed by atoms with van der Waals surface area (Å²) >= 11 is 9.84. The molecule has 2 aromatic rings. The Morgan fingerprint density at radius 1 is 1.19 bits per heavy atom. The van der Waals surface area contributed by atoms with Crippen molar-refractivity contribution >= 4 is 33.2 Å². The summed E-state index contributed by atoms with van der Waals surface area (Å²) in [7, 11) is 0. The molecule has 1 fully saturated rings. The van der Waals surface area contributed by atoms with Crippen LogP contribution in [0.3, 0.4) is 0 Å². The van der Waals surface area contributed by atoms with E-state index in [1.165, 1.54) is 5.56 Å². The molecule has 1 N–H and O–H groups in total. The summed E-state index contributed by atoms with van der Waals surface area (Å²) in [6, 6.07) is 17.2. The Morgan fingerprint density at radius 3 is 2.76 bits per heavy atom. The van der Waals surface area contributed by atoms with Crippen molar-refractivity contribution < 1.29 is 0 Å². The molecule has 1 atom stereocenters. The molecule has 1 unspecified atom stereocenters. The van der Waals surface area contributed by atoms with Gasteiger partial charge < -0.3 is 10.2 Å². The number of piperazine rings is 1. The number of rotatable bonds is 3. The minimum Gasteiger partial charge on any atom is -0.367 e. The first kappa shape index (κ1) is 14.9. The first-order valence-electron chi connectivity index (χ1n) is 7.20. The second-order valence-electron chi connectivity index (χ2n) is 5.38. The van der Waals surface area contributed by atoms with Crippen LogP contribution in [0.1, 0.15) is 5.56 Å². The Kier molecular flexibility index (Phi) is 4.84. The van der Waals surface area contributed by atoms with Crippen LogP contribution in [0.25, 0.3) is 0 Å². The molecule has 0 bridgehead atoms. The van der Waals surface area contributed by atoms with E-state index in [-0.39, 0.29) is 0 Å². The smallest absolute Gasteiger partial charge is 0.0650 e. The second kappa shape index (κ2) is 6.82. The lowest BCUT2D eigenvalue weighted by Crippen LogP contribution is -2.51. The monoisotopic (exact) mass is 364 g/mol. The van der Waals surface area contributed by atoms with Crippen molar-refractivity contribution in [3.05, 3.63) is 63.6 Å². The van der Waals surface area contributed by atoms with Gasteiger partial charge in [-0.25, -0.2) is 0 Å². The minimum atomic E-state index is 0.459. The molecule has 2 aromatic carbocycles. The van der Waals surface area contributed by atoms with Crippen molar-refractivity contribution in [3.8, 4) is 0 Å². The zero-order chi connectivity index (χ0) is 14.7. The van der Waals surface area contributed by atoms with Crippen LogP contribution in [0, 0.1) is 0 Å². The largest absolute Gasteiger partial charge is 0.367 e. The molecule has 110 valence electrons. The van der Waals surface area contributed by atoms with Crippen LogP contribution in [0.5, 0.6) is 0 Å². The van der Waals surface area contributed by atoms with E-state index >= 15 is 0 Å². The fraction of sp³-hybridized carbons (Fsp3) is 0.294. The second-order valence-corrected chi connectivity index (χ2v) is 6.71. The fourth-order valence-corrected chi connectivity index (χ4v) is 3.61. The highest BCUT2D eigenvalue weighted by atomic mass is 79.9. The summed E-state index contributed by atoms with van der Waals surface area (Å²) in [4.78, 5) is 2.37. The summed E-state index contributed by atoms with van der Waals surface area (Å²) in [5, 5.41) is 4.41. The maximum atomic E-state index is 6.38. The highest BCUT2D eigenvalue weighted by Crippen LogP contribution is 2.29. The number of halogens is 2. The van der Waals surface area contributed by atoms with Crippen LogP contribution in [0.2, 0.25) is 5.02 Å². The molecule has 0 aliphatic carbocycles. The molecule has 4 heteroatoms. The van der Waals surface area contributed by atoms with Gasteiger partial charge >= 0.3 is 0 Å². The van der Waals surface area contributed by atoms with Gasteiger partial charge in [0.2, 0.25) is 0 Å². The molecule has 0 aromatic heterocycles. The predicted molar refractivity (Wildman–Crippen MR) is 93.3 cm³/mol. The van der Waals surface area contributed by atoms with Gasteiger partial charge in [-0.3, -0.25) is 0 Å². The van der Waals surface area contributed by atoms with Gasteiger partial charge in [0.15, 0.2) is 0 Å². The number of nitrogens with zero attached hydrogens (tertiary/aromatic N) is 1. The van der Waals surface area contributed by atoms with Crippen molar-refractivity contribution in [2.24, 2.45) is 0 Å². The molecule has 1 saturated heterocycles. The van der Waals surface area contributed by atoms with Gasteiger partial charge in [-0.05, 0) is 30.2 Å². The van der Waals surface area contributed by atoms with Crippen LogP contribution in [0.15, 0.2) is 53.0 Å². The van der Waals surface area contributed by atoms with E-state index in [1.807, 2.05) is 6.07 Å². The molecule has 3 rings (SSSR count). The summed E-state index contributed by atoms with van der Waals surface area (Å²) in [6.07, 6.45) is 1.05. The van der Waals surface area contributed by atoms with E-state index in [0.29, 0.717) is 6.04 Å². The number of hydrogen-bond donors (Lipinski definition) is 1. The Morgan fingerprint density at radius 2 is 2.00 bits per heavy atom. The van der Waals surface area contributed by atoms with E-state index in [4.69, 9.17) is 11.6 Å². The van der Waals surface area contributed by atoms with Gasteiger partial charge in [0.05, 0.1) is 10.7 Å². The van der Waals surface area contributed by atoms with Gasteiger partial charge in [0, 0.05) is 30.1 Å². The first-order valence-corrected chi connectivity index (χ1v) is 8.37. The highest BCUT2D eigenvalue weighted by molar-refractivity contribution is 9.10. The first-order chi connectivity index (χ1) is 10.2. The average molecular weight is 366 g/mol. The number of hydrogen-bond acceptors (Lipinski definition) is 2. The number of anilines is 1. The summed E-state index contributed by atoms with van der Waals surface area (Å²) in [5.74, 6) is 0. The molecule has 21 heavy (non-hydrogen) atoms. The van der Waals surface area contributed by atoms with Gasteiger partial charge in [-0.2, -0.15) is 0 Å². The maximum absolute atomic E-state index is 6.38. The van der Waals surface area contributed by atoms with Crippen LogP contribution >= 0.6 is 27.5 Å². The molecule has 2 nitrogen and oxygen atoms in total. The van der Waals surface area contributed by atoms with Crippen molar-refractivity contribution in [1.29, 1.82) is 0 Å². The summed E-state index contributed by atoms with van der Waals surface area (Å²) < 4.78 is 1.02. The Bertz CT molecular complexity index is 603. The number of nitrogens with one attached hydrogen (secondary N) is 1. The quantitative estimate of drug-likeness (QED) is 0.880. The van der Waals surface area contributed by atoms with Crippen molar-refractivity contribution in [1.82, 2.24) is 5.32 Å². The van der Waals surface area contributed by atoms with Gasteiger partial charge in [-0.1, -0.05) is 57.9 Å². The van der Waals surface area contributed by atoms with E-state index in [0.717, 1.165) is 41.2 Å². The van der Waals surface area contributed by atoms with Crippen LogP contribution < -0.4 is 10.2 Å². The average Bonchev–Trinajstić information content (AvgIpc) is 2.48. The molecular formula is C17H18BrClN2. The SMILES string of the molecule is Clc1cc(Br)ccc1N1CCNC(Cc2ccccc2)C1. The molecule has 0 amide bonds. The zero-order valence-electron chi connectivity index (χ0n) is 11.7. The lowest BCUT2D eigenvalue weighted by Gasteiger charge is -2.36. The Labute approximate surface area is 139 Å². The summed E-state index contributed by atoms with van der Waals surface area (Å²) in [6.45, 7) is 2.97. The molecule has 1 aliphatic heterocycles. The van der Waals surface area contributed by atoms with Crippen LogP contribution in [0.4, 0.5) is 5.69 Å². The van der Waals surface area contributed by atoms with Crippen molar-refractivity contribution in [3.63, 3.8) is 0 Å². The fourth-order valence-electron chi connectivity index (χ4n) is 2.82. The van der Waals surface area contributed by atoms with Gasteiger partial charge in [0.25, 0.3) is 0 Å².